The molecule has 1 saturated heterocycles. The van der Waals surface area contributed by atoms with E-state index in [-0.39, 0.29) is 41.4 Å². The van der Waals surface area contributed by atoms with E-state index in [1.54, 1.807) is 11.0 Å². The van der Waals surface area contributed by atoms with Crippen LogP contribution in [0.5, 0.6) is 5.75 Å². The van der Waals surface area contributed by atoms with Crippen LogP contribution in [0.4, 0.5) is 15.8 Å². The molecule has 0 N–H and O–H groups in total. The average molecular weight is 459 g/mol. The van der Waals surface area contributed by atoms with Gasteiger partial charge in [0.2, 0.25) is 0 Å². The Labute approximate surface area is 188 Å². The predicted octanol–water partition coefficient (Wildman–Crippen LogP) is 2.45. The summed E-state index contributed by atoms with van der Waals surface area (Å²) in [5.74, 6) is -2.02. The highest BCUT2D eigenvalue weighted by atomic mass is 19.1. The first kappa shape index (κ1) is 23.6. The van der Waals surface area contributed by atoms with Gasteiger partial charge in [-0.15, -0.1) is 0 Å². The van der Waals surface area contributed by atoms with Gasteiger partial charge in [-0.25, -0.2) is 9.18 Å². The average Bonchev–Trinajstić information content (AvgIpc) is 2.81. The summed E-state index contributed by atoms with van der Waals surface area (Å²) in [6.45, 7) is 2.09. The number of nitro benzene ring substituents is 1. The minimum Gasteiger partial charge on any atom is -0.496 e. The van der Waals surface area contributed by atoms with E-state index in [4.69, 9.17) is 9.47 Å². The number of anilines is 1. The first-order chi connectivity index (χ1) is 15.7. The molecular weight excluding hydrogens is 437 g/mol. The third-order valence-electron chi connectivity index (χ3n) is 5.27. The Bertz CT molecular complexity index is 1100. The molecule has 0 aliphatic carbocycles. The number of halogens is 1. The fraction of sp³-hybridized carbons (Fsp3) is 0.318. The van der Waals surface area contributed by atoms with Crippen molar-refractivity contribution in [2.75, 3.05) is 44.8 Å². The number of esters is 1. The van der Waals surface area contributed by atoms with Crippen LogP contribution in [0, 0.1) is 15.9 Å². The van der Waals surface area contributed by atoms with Gasteiger partial charge in [-0.05, 0) is 31.2 Å². The van der Waals surface area contributed by atoms with Crippen LogP contribution in [0.15, 0.2) is 36.4 Å². The molecular formula is C22H22FN3O7. The van der Waals surface area contributed by atoms with E-state index in [0.717, 1.165) is 6.07 Å². The number of nitrogens with zero attached hydrogens (tertiary/aromatic N) is 3. The summed E-state index contributed by atoms with van der Waals surface area (Å²) in [6.07, 6.45) is 0. The van der Waals surface area contributed by atoms with Gasteiger partial charge in [-0.2, -0.15) is 0 Å². The van der Waals surface area contributed by atoms with Crippen LogP contribution in [0.3, 0.4) is 0 Å². The highest BCUT2D eigenvalue weighted by molar-refractivity contribution is 5.95. The number of nitro groups is 1. The number of carbonyl (C=O) groups is 3. The largest absolute Gasteiger partial charge is 0.496 e. The van der Waals surface area contributed by atoms with Gasteiger partial charge >= 0.3 is 5.97 Å². The molecule has 0 bridgehead atoms. The van der Waals surface area contributed by atoms with Crippen molar-refractivity contribution in [3.8, 4) is 5.75 Å². The smallest absolute Gasteiger partial charge is 0.342 e. The van der Waals surface area contributed by atoms with E-state index in [0.29, 0.717) is 18.8 Å². The summed E-state index contributed by atoms with van der Waals surface area (Å²) >= 11 is 0. The number of hydrogen-bond donors (Lipinski definition) is 0. The standard InChI is InChI=1S/C22H22FN3O7/c1-14(27)15-3-5-19(18(23)11-15)24-7-9-25(10-8-24)21(28)13-33-22(29)17-12-16(26(30)31)4-6-20(17)32-2/h3-6,11-12H,7-10,13H2,1-2H3. The molecule has 2 aromatic rings. The van der Waals surface area contributed by atoms with Gasteiger partial charge in [-0.3, -0.25) is 19.7 Å². The van der Waals surface area contributed by atoms with Crippen LogP contribution in [0.1, 0.15) is 27.6 Å². The molecule has 1 aliphatic rings. The van der Waals surface area contributed by atoms with E-state index in [9.17, 15) is 28.9 Å². The molecule has 10 nitrogen and oxygen atoms in total. The first-order valence-corrected chi connectivity index (χ1v) is 10.0. The second kappa shape index (κ2) is 10.1. The molecule has 3 rings (SSSR count). The number of methoxy groups -OCH3 is 1. The third kappa shape index (κ3) is 5.43. The summed E-state index contributed by atoms with van der Waals surface area (Å²) in [5.41, 5.74) is 0.158. The van der Waals surface area contributed by atoms with Gasteiger partial charge < -0.3 is 19.3 Å². The van der Waals surface area contributed by atoms with E-state index in [1.807, 2.05) is 0 Å². The Morgan fingerprint density at radius 2 is 1.79 bits per heavy atom. The van der Waals surface area contributed by atoms with Crippen molar-refractivity contribution in [2.24, 2.45) is 0 Å². The monoisotopic (exact) mass is 459 g/mol. The highest BCUT2D eigenvalue weighted by Gasteiger charge is 2.25. The van der Waals surface area contributed by atoms with Crippen LogP contribution in [0.25, 0.3) is 0 Å². The molecule has 0 aromatic heterocycles. The van der Waals surface area contributed by atoms with Crippen LogP contribution in [-0.4, -0.2) is 67.4 Å². The predicted molar refractivity (Wildman–Crippen MR) is 115 cm³/mol. The normalized spacial score (nSPS) is 13.4. The minimum atomic E-state index is -0.921. The summed E-state index contributed by atoms with van der Waals surface area (Å²) in [4.78, 5) is 49.8. The van der Waals surface area contributed by atoms with Crippen LogP contribution in [0.2, 0.25) is 0 Å². The van der Waals surface area contributed by atoms with Crippen LogP contribution >= 0.6 is 0 Å². The van der Waals surface area contributed by atoms with Gasteiger partial charge in [0, 0.05) is 43.9 Å². The van der Waals surface area contributed by atoms with E-state index >= 15 is 0 Å². The van der Waals surface area contributed by atoms with E-state index < -0.39 is 29.2 Å². The van der Waals surface area contributed by atoms with E-state index in [2.05, 4.69) is 0 Å². The summed E-state index contributed by atoms with van der Waals surface area (Å²) in [7, 11) is 1.30. The molecule has 0 saturated carbocycles. The Balaban J connectivity index is 1.57. The van der Waals surface area contributed by atoms with Gasteiger partial charge in [0.15, 0.2) is 12.4 Å². The topological polar surface area (TPSA) is 119 Å². The molecule has 0 unspecified atom stereocenters. The van der Waals surface area contributed by atoms with Gasteiger partial charge in [0.25, 0.3) is 11.6 Å². The van der Waals surface area contributed by atoms with Crippen molar-refractivity contribution >= 4 is 29.0 Å². The molecule has 1 amide bonds. The molecule has 0 atom stereocenters. The number of carbonyl (C=O) groups excluding carboxylic acids is 3. The Morgan fingerprint density at radius 3 is 2.36 bits per heavy atom. The zero-order valence-corrected chi connectivity index (χ0v) is 18.1. The molecule has 0 radical (unpaired) electrons. The molecule has 1 fully saturated rings. The fourth-order valence-electron chi connectivity index (χ4n) is 3.44. The number of benzene rings is 2. The lowest BCUT2D eigenvalue weighted by Gasteiger charge is -2.36. The number of ether oxygens (including phenoxy) is 2. The maximum atomic E-state index is 14.4. The van der Waals surface area contributed by atoms with Crippen molar-refractivity contribution in [2.45, 2.75) is 6.92 Å². The summed E-state index contributed by atoms with van der Waals surface area (Å²) in [6, 6.07) is 7.78. The maximum absolute atomic E-state index is 14.4. The second-order valence-electron chi connectivity index (χ2n) is 7.31. The number of Topliss-reactive ketones (excluding diaryl/α,β-unsaturated/α-hetero) is 1. The lowest BCUT2D eigenvalue weighted by Crippen LogP contribution is -2.50. The van der Waals surface area contributed by atoms with Crippen LogP contribution in [-0.2, 0) is 9.53 Å². The van der Waals surface area contributed by atoms with Crippen molar-refractivity contribution in [3.05, 3.63) is 63.5 Å². The Hall–Kier alpha value is -4.02. The zero-order valence-electron chi connectivity index (χ0n) is 18.1. The molecule has 11 heteroatoms. The molecule has 174 valence electrons. The Morgan fingerprint density at radius 1 is 1.09 bits per heavy atom. The second-order valence-corrected chi connectivity index (χ2v) is 7.31. The SMILES string of the molecule is COc1ccc([N+](=O)[O-])cc1C(=O)OCC(=O)N1CCN(c2ccc(C(C)=O)cc2F)CC1. The lowest BCUT2D eigenvalue weighted by molar-refractivity contribution is -0.384. The number of hydrogen-bond acceptors (Lipinski definition) is 8. The highest BCUT2D eigenvalue weighted by Crippen LogP contribution is 2.25. The Kier molecular flexibility index (Phi) is 7.21. The van der Waals surface area contributed by atoms with Gasteiger partial charge in [0.05, 0.1) is 17.7 Å². The third-order valence-corrected chi connectivity index (χ3v) is 5.27. The number of piperazine rings is 1. The van der Waals surface area contributed by atoms with Crippen molar-refractivity contribution in [1.82, 2.24) is 4.90 Å². The van der Waals surface area contributed by atoms with Crippen molar-refractivity contribution < 1.29 is 33.2 Å². The quantitative estimate of drug-likeness (QED) is 0.268. The zero-order chi connectivity index (χ0) is 24.1. The number of rotatable bonds is 7. The molecule has 0 spiro atoms. The van der Waals surface area contributed by atoms with E-state index in [1.165, 1.54) is 43.2 Å². The summed E-state index contributed by atoms with van der Waals surface area (Å²) < 4.78 is 24.5. The summed E-state index contributed by atoms with van der Waals surface area (Å²) in [5, 5.41) is 11.0. The number of amides is 1. The molecule has 1 heterocycles. The molecule has 2 aromatic carbocycles. The van der Waals surface area contributed by atoms with Crippen molar-refractivity contribution in [3.63, 3.8) is 0 Å². The lowest BCUT2D eigenvalue weighted by atomic mass is 10.1. The minimum absolute atomic E-state index is 0.0875. The van der Waals surface area contributed by atoms with Crippen LogP contribution < -0.4 is 9.64 Å². The first-order valence-electron chi connectivity index (χ1n) is 10.0. The maximum Gasteiger partial charge on any atom is 0.342 e. The van der Waals surface area contributed by atoms with Gasteiger partial charge in [0.1, 0.15) is 17.1 Å². The molecule has 1 aliphatic heterocycles. The number of non-ortho nitro benzene ring substituents is 1. The molecule has 33 heavy (non-hydrogen) atoms. The van der Waals surface area contributed by atoms with Crippen molar-refractivity contribution in [1.29, 1.82) is 0 Å². The fourth-order valence-corrected chi connectivity index (χ4v) is 3.44. The van der Waals surface area contributed by atoms with Gasteiger partial charge in [-0.1, -0.05) is 0 Å². The number of ketones is 1.